The molecule has 0 aliphatic carbocycles. The number of nitrogens with zero attached hydrogens (tertiary/aromatic N) is 1. The highest BCUT2D eigenvalue weighted by atomic mass is 32.2. The Morgan fingerprint density at radius 2 is 1.70 bits per heavy atom. The maximum Gasteiger partial charge on any atom is 0.255 e. The van der Waals surface area contributed by atoms with Crippen LogP contribution in [0, 0.1) is 5.82 Å². The molecule has 0 atom stereocenters. The van der Waals surface area contributed by atoms with Crippen LogP contribution in [0.2, 0.25) is 0 Å². The summed E-state index contributed by atoms with van der Waals surface area (Å²) in [5, 5.41) is 5.74. The van der Waals surface area contributed by atoms with E-state index in [1.54, 1.807) is 30.3 Å². The highest BCUT2D eigenvalue weighted by Crippen LogP contribution is 2.31. The summed E-state index contributed by atoms with van der Waals surface area (Å²) in [6.07, 6.45) is 0. The summed E-state index contributed by atoms with van der Waals surface area (Å²) >= 11 is 0. The van der Waals surface area contributed by atoms with Gasteiger partial charge in [-0.1, -0.05) is 18.2 Å². The molecule has 0 saturated heterocycles. The second-order valence-corrected chi connectivity index (χ2v) is 8.23. The van der Waals surface area contributed by atoms with Crippen LogP contribution in [0.1, 0.15) is 0 Å². The Bertz CT molecular complexity index is 1450. The topological polar surface area (TPSA) is 91.4 Å². The molecule has 0 bridgehead atoms. The Kier molecular flexibility index (Phi) is 4.89. The van der Waals surface area contributed by atoms with Crippen molar-refractivity contribution in [1.29, 1.82) is 0 Å². The van der Waals surface area contributed by atoms with Gasteiger partial charge in [-0.25, -0.2) is 17.9 Å². The van der Waals surface area contributed by atoms with Crippen molar-refractivity contribution in [3.63, 3.8) is 0 Å². The third-order valence-electron chi connectivity index (χ3n) is 4.77. The number of ether oxygens (including phenoxy) is 1. The molecule has 0 radical (unpaired) electrons. The number of halogens is 1. The van der Waals surface area contributed by atoms with Gasteiger partial charge < -0.3 is 4.74 Å². The van der Waals surface area contributed by atoms with Crippen molar-refractivity contribution >= 4 is 20.9 Å². The van der Waals surface area contributed by atoms with E-state index in [1.807, 2.05) is 0 Å². The van der Waals surface area contributed by atoms with Crippen LogP contribution in [0.3, 0.4) is 0 Å². The molecule has 0 aliphatic rings. The zero-order chi connectivity index (χ0) is 21.5. The van der Waals surface area contributed by atoms with Crippen molar-refractivity contribution in [3.05, 3.63) is 89.0 Å². The summed E-state index contributed by atoms with van der Waals surface area (Å²) in [6, 6.07) is 18.4. The summed E-state index contributed by atoms with van der Waals surface area (Å²) in [6.45, 7) is 0. The predicted molar refractivity (Wildman–Crippen MR) is 113 cm³/mol. The lowest BCUT2D eigenvalue weighted by molar-refractivity contribution is 0.413. The van der Waals surface area contributed by atoms with Crippen LogP contribution in [0.4, 0.5) is 4.39 Å². The first-order valence-electron chi connectivity index (χ1n) is 8.91. The van der Waals surface area contributed by atoms with Gasteiger partial charge in [0.2, 0.25) is 10.0 Å². The molecule has 6 nitrogen and oxygen atoms in total. The van der Waals surface area contributed by atoms with E-state index in [1.165, 1.54) is 54.1 Å². The monoisotopic (exact) mass is 424 g/mol. The molecule has 0 aliphatic heterocycles. The number of sulfonamides is 1. The van der Waals surface area contributed by atoms with Crippen LogP contribution in [0.15, 0.2) is 82.5 Å². The van der Waals surface area contributed by atoms with Crippen LogP contribution in [-0.2, 0) is 10.0 Å². The van der Waals surface area contributed by atoms with Crippen LogP contribution in [0.5, 0.6) is 5.75 Å². The molecule has 8 heteroatoms. The molecular formula is C22H17FN2O4S. The van der Waals surface area contributed by atoms with E-state index >= 15 is 0 Å². The maximum atomic E-state index is 13.7. The van der Waals surface area contributed by atoms with Crippen molar-refractivity contribution in [2.75, 3.05) is 7.11 Å². The molecule has 4 rings (SSSR count). The van der Waals surface area contributed by atoms with Gasteiger partial charge in [0.15, 0.2) is 0 Å². The third-order valence-corrected chi connectivity index (χ3v) is 5.68. The second-order valence-electron chi connectivity index (χ2n) is 6.67. The summed E-state index contributed by atoms with van der Waals surface area (Å²) < 4.78 is 43.9. The van der Waals surface area contributed by atoms with Gasteiger partial charge in [-0.05, 0) is 59.7 Å². The van der Waals surface area contributed by atoms with Gasteiger partial charge in [-0.2, -0.15) is 0 Å². The predicted octanol–water partition coefficient (Wildman–Crippen LogP) is 3.45. The standard InChI is InChI=1S/C22H17FN2O4S/c1-29-21-9-5-15(14-3-2-4-17(23)11-14)13-20(21)25-19-8-7-18(30(24,27)28)12-16(19)6-10-22(25)26/h2-13H,1H3,(H2,24,27,28). The van der Waals surface area contributed by atoms with Gasteiger partial charge in [-0.3, -0.25) is 9.36 Å². The summed E-state index contributed by atoms with van der Waals surface area (Å²) in [5.74, 6) is 0.0583. The van der Waals surface area contributed by atoms with E-state index in [4.69, 9.17) is 9.88 Å². The molecule has 0 fully saturated rings. The molecule has 152 valence electrons. The molecule has 0 saturated carbocycles. The van der Waals surface area contributed by atoms with Crippen molar-refractivity contribution < 1.29 is 17.5 Å². The number of methoxy groups -OCH3 is 1. The average Bonchev–Trinajstić information content (AvgIpc) is 2.72. The first-order chi connectivity index (χ1) is 14.3. The SMILES string of the molecule is COc1ccc(-c2cccc(F)c2)cc1-n1c(=O)ccc2cc(S(N)(=O)=O)ccc21. The number of pyridine rings is 1. The zero-order valence-electron chi connectivity index (χ0n) is 15.9. The van der Waals surface area contributed by atoms with E-state index in [2.05, 4.69) is 0 Å². The van der Waals surface area contributed by atoms with Crippen molar-refractivity contribution in [1.82, 2.24) is 4.57 Å². The number of benzene rings is 3. The van der Waals surface area contributed by atoms with E-state index in [9.17, 15) is 17.6 Å². The lowest BCUT2D eigenvalue weighted by Gasteiger charge is -2.16. The van der Waals surface area contributed by atoms with Gasteiger partial charge in [0.1, 0.15) is 11.6 Å². The van der Waals surface area contributed by atoms with Crippen molar-refractivity contribution in [2.24, 2.45) is 5.14 Å². The number of fused-ring (bicyclic) bond motifs is 1. The maximum absolute atomic E-state index is 13.7. The lowest BCUT2D eigenvalue weighted by atomic mass is 10.0. The minimum absolute atomic E-state index is 0.0549. The molecule has 2 N–H and O–H groups in total. The Morgan fingerprint density at radius 3 is 2.40 bits per heavy atom. The van der Waals surface area contributed by atoms with E-state index < -0.39 is 10.0 Å². The summed E-state index contributed by atoms with van der Waals surface area (Å²) in [5.41, 5.74) is 1.92. The van der Waals surface area contributed by atoms with E-state index in [0.29, 0.717) is 33.5 Å². The van der Waals surface area contributed by atoms with Gasteiger partial charge in [0.05, 0.1) is 23.2 Å². The fourth-order valence-corrected chi connectivity index (χ4v) is 3.91. The third kappa shape index (κ3) is 3.58. The molecule has 0 spiro atoms. The highest BCUT2D eigenvalue weighted by molar-refractivity contribution is 7.89. The number of rotatable bonds is 4. The quantitative estimate of drug-likeness (QED) is 0.543. The van der Waals surface area contributed by atoms with Crippen molar-refractivity contribution in [2.45, 2.75) is 4.90 Å². The highest BCUT2D eigenvalue weighted by Gasteiger charge is 2.15. The molecule has 0 unspecified atom stereocenters. The van der Waals surface area contributed by atoms with Crippen LogP contribution < -0.4 is 15.4 Å². The smallest absolute Gasteiger partial charge is 0.255 e. The van der Waals surface area contributed by atoms with Crippen molar-refractivity contribution in [3.8, 4) is 22.6 Å². The number of nitrogens with two attached hydrogens (primary N) is 1. The average molecular weight is 424 g/mol. The largest absolute Gasteiger partial charge is 0.495 e. The van der Waals surface area contributed by atoms with Crippen LogP contribution in [0.25, 0.3) is 27.7 Å². The fraction of sp³-hybridized carbons (Fsp3) is 0.0455. The summed E-state index contributed by atoms with van der Waals surface area (Å²) in [4.78, 5) is 12.7. The minimum Gasteiger partial charge on any atom is -0.495 e. The van der Waals surface area contributed by atoms with Gasteiger partial charge >= 0.3 is 0 Å². The number of hydrogen-bond donors (Lipinski definition) is 1. The Labute approximate surface area is 172 Å². The number of hydrogen-bond acceptors (Lipinski definition) is 4. The molecule has 30 heavy (non-hydrogen) atoms. The molecule has 1 aromatic heterocycles. The Balaban J connectivity index is 2.00. The fourth-order valence-electron chi connectivity index (χ4n) is 3.36. The van der Waals surface area contributed by atoms with Crippen LogP contribution >= 0.6 is 0 Å². The molecule has 1 heterocycles. The Hall–Kier alpha value is -3.49. The first kappa shape index (κ1) is 19.8. The molecule has 0 amide bonds. The van der Waals surface area contributed by atoms with Crippen LogP contribution in [-0.4, -0.2) is 20.1 Å². The normalized spacial score (nSPS) is 11.6. The molecule has 4 aromatic rings. The number of primary sulfonamides is 1. The Morgan fingerprint density at radius 1 is 0.933 bits per heavy atom. The van der Waals surface area contributed by atoms with Gasteiger partial charge in [0, 0.05) is 11.5 Å². The summed E-state index contributed by atoms with van der Waals surface area (Å²) in [7, 11) is -2.41. The molecular weight excluding hydrogens is 407 g/mol. The van der Waals surface area contributed by atoms with Gasteiger partial charge in [-0.15, -0.1) is 0 Å². The second kappa shape index (κ2) is 7.40. The number of aromatic nitrogens is 1. The molecule has 3 aromatic carbocycles. The minimum atomic E-state index is -3.89. The zero-order valence-corrected chi connectivity index (χ0v) is 16.7. The first-order valence-corrected chi connectivity index (χ1v) is 10.5. The van der Waals surface area contributed by atoms with Gasteiger partial charge in [0.25, 0.3) is 5.56 Å². The van der Waals surface area contributed by atoms with E-state index in [-0.39, 0.29) is 16.3 Å². The lowest BCUT2D eigenvalue weighted by Crippen LogP contribution is -2.19. The van der Waals surface area contributed by atoms with E-state index in [0.717, 1.165) is 0 Å².